The van der Waals surface area contributed by atoms with Crippen LogP contribution in [0.4, 0.5) is 0 Å². The molecule has 1 atom stereocenters. The zero-order chi connectivity index (χ0) is 15.0. The summed E-state index contributed by atoms with van der Waals surface area (Å²) in [4.78, 5) is 10.9. The van der Waals surface area contributed by atoms with Crippen molar-refractivity contribution in [2.75, 3.05) is 13.2 Å². The Balaban J connectivity index is 2.32. The van der Waals surface area contributed by atoms with Crippen LogP contribution in [0.25, 0.3) is 0 Å². The zero-order valence-corrected chi connectivity index (χ0v) is 12.6. The number of benzene rings is 1. The summed E-state index contributed by atoms with van der Waals surface area (Å²) < 4.78 is 5.48. The third-order valence-electron chi connectivity index (χ3n) is 3.10. The normalized spacial score (nSPS) is 13.2. The fraction of sp³-hybridized carbons (Fsp3) is 0.562. The molecular formula is C16H25NO3. The van der Waals surface area contributed by atoms with E-state index in [2.05, 4.69) is 31.3 Å². The molecule has 1 aromatic rings. The van der Waals surface area contributed by atoms with E-state index in [1.807, 2.05) is 25.1 Å². The Morgan fingerprint density at radius 3 is 2.55 bits per heavy atom. The summed E-state index contributed by atoms with van der Waals surface area (Å²) in [5.41, 5.74) is 1.14. The van der Waals surface area contributed by atoms with Crippen LogP contribution in [-0.4, -0.2) is 30.3 Å². The summed E-state index contributed by atoms with van der Waals surface area (Å²) in [5, 5.41) is 12.3. The maximum Gasteiger partial charge on any atom is 0.332 e. The van der Waals surface area contributed by atoms with Crippen LogP contribution >= 0.6 is 0 Å². The highest BCUT2D eigenvalue weighted by atomic mass is 16.5. The molecule has 0 bridgehead atoms. The molecule has 0 fully saturated rings. The molecule has 1 unspecified atom stereocenters. The Kier molecular flexibility index (Phi) is 6.68. The van der Waals surface area contributed by atoms with E-state index in [0.29, 0.717) is 13.0 Å². The van der Waals surface area contributed by atoms with E-state index in [9.17, 15) is 4.79 Å². The van der Waals surface area contributed by atoms with Gasteiger partial charge in [-0.1, -0.05) is 51.1 Å². The van der Waals surface area contributed by atoms with Crippen LogP contribution in [-0.2, 0) is 16.1 Å². The van der Waals surface area contributed by atoms with E-state index in [0.717, 1.165) is 13.1 Å². The Hall–Kier alpha value is -1.39. The second kappa shape index (κ2) is 8.02. The predicted octanol–water partition coefficient (Wildman–Crippen LogP) is 2.68. The van der Waals surface area contributed by atoms with Gasteiger partial charge in [0, 0.05) is 18.5 Å². The summed E-state index contributed by atoms with van der Waals surface area (Å²) in [6.07, 6.45) is -0.216. The van der Waals surface area contributed by atoms with Crippen molar-refractivity contribution in [3.8, 4) is 0 Å². The van der Waals surface area contributed by atoms with Gasteiger partial charge in [0.2, 0.25) is 0 Å². The minimum atomic E-state index is -0.888. The molecule has 0 spiro atoms. The van der Waals surface area contributed by atoms with Crippen LogP contribution in [0, 0.1) is 5.41 Å². The third kappa shape index (κ3) is 6.17. The fourth-order valence-electron chi connectivity index (χ4n) is 1.88. The molecule has 0 radical (unpaired) electrons. The molecule has 2 N–H and O–H groups in total. The summed E-state index contributed by atoms with van der Waals surface area (Å²) in [7, 11) is 0. The summed E-state index contributed by atoms with van der Waals surface area (Å²) in [5.74, 6) is -0.888. The molecule has 4 nitrogen and oxygen atoms in total. The monoisotopic (exact) mass is 279 g/mol. The first-order chi connectivity index (χ1) is 9.44. The van der Waals surface area contributed by atoms with Gasteiger partial charge in [0.05, 0.1) is 6.61 Å². The fourth-order valence-corrected chi connectivity index (χ4v) is 1.88. The van der Waals surface area contributed by atoms with Crippen molar-refractivity contribution in [2.45, 2.75) is 39.8 Å². The Morgan fingerprint density at radius 1 is 1.35 bits per heavy atom. The third-order valence-corrected chi connectivity index (χ3v) is 3.10. The zero-order valence-electron chi connectivity index (χ0n) is 12.6. The molecule has 0 saturated heterocycles. The van der Waals surface area contributed by atoms with Crippen molar-refractivity contribution in [2.24, 2.45) is 5.41 Å². The first-order valence-corrected chi connectivity index (χ1v) is 7.03. The molecule has 0 aromatic heterocycles. The average molecular weight is 279 g/mol. The molecule has 1 aromatic carbocycles. The maximum atomic E-state index is 10.9. The molecule has 0 aliphatic carbocycles. The first-order valence-electron chi connectivity index (χ1n) is 7.03. The number of carbonyl (C=O) groups is 1. The van der Waals surface area contributed by atoms with Gasteiger partial charge in [0.25, 0.3) is 0 Å². The lowest BCUT2D eigenvalue weighted by Crippen LogP contribution is -2.36. The Labute approximate surface area is 121 Å². The van der Waals surface area contributed by atoms with E-state index in [-0.39, 0.29) is 5.41 Å². The smallest absolute Gasteiger partial charge is 0.332 e. The van der Waals surface area contributed by atoms with Crippen molar-refractivity contribution >= 4 is 5.97 Å². The predicted molar refractivity (Wildman–Crippen MR) is 79.6 cm³/mol. The lowest BCUT2D eigenvalue weighted by molar-refractivity contribution is -0.152. The van der Waals surface area contributed by atoms with E-state index in [1.54, 1.807) is 0 Å². The minimum absolute atomic E-state index is 0.0996. The molecular weight excluding hydrogens is 254 g/mol. The number of ether oxygens (including phenoxy) is 1. The van der Waals surface area contributed by atoms with Crippen molar-refractivity contribution in [1.82, 2.24) is 5.32 Å². The van der Waals surface area contributed by atoms with Crippen molar-refractivity contribution < 1.29 is 14.6 Å². The molecule has 0 heterocycles. The number of rotatable bonds is 9. The SMILES string of the molecule is CCC(OCC(C)(C)CNCc1ccccc1)C(=O)O. The number of carboxylic acid groups (broad SMARTS) is 1. The first kappa shape index (κ1) is 16.7. The second-order valence-corrected chi connectivity index (χ2v) is 5.80. The van der Waals surface area contributed by atoms with Crippen molar-refractivity contribution in [1.29, 1.82) is 0 Å². The summed E-state index contributed by atoms with van der Waals surface area (Å²) in [6.45, 7) is 7.97. The average Bonchev–Trinajstić information content (AvgIpc) is 2.40. The highest BCUT2D eigenvalue weighted by Gasteiger charge is 2.22. The topological polar surface area (TPSA) is 58.6 Å². The van der Waals surface area contributed by atoms with Gasteiger partial charge in [-0.3, -0.25) is 0 Å². The van der Waals surface area contributed by atoms with Crippen LogP contribution in [0.15, 0.2) is 30.3 Å². The van der Waals surface area contributed by atoms with Crippen molar-refractivity contribution in [3.63, 3.8) is 0 Å². The Morgan fingerprint density at radius 2 is 2.00 bits per heavy atom. The number of carboxylic acids is 1. The van der Waals surface area contributed by atoms with Gasteiger partial charge < -0.3 is 15.2 Å². The van der Waals surface area contributed by atoms with E-state index >= 15 is 0 Å². The standard InChI is InChI=1S/C16H25NO3/c1-4-14(15(18)19)20-12-16(2,3)11-17-10-13-8-6-5-7-9-13/h5-9,14,17H,4,10-12H2,1-3H3,(H,18,19). The largest absolute Gasteiger partial charge is 0.479 e. The van der Waals surface area contributed by atoms with Crippen LogP contribution in [0.2, 0.25) is 0 Å². The summed E-state index contributed by atoms with van der Waals surface area (Å²) >= 11 is 0. The quantitative estimate of drug-likeness (QED) is 0.729. The van der Waals surface area contributed by atoms with Gasteiger partial charge in [0.15, 0.2) is 6.10 Å². The van der Waals surface area contributed by atoms with Gasteiger partial charge in [-0.25, -0.2) is 4.79 Å². The second-order valence-electron chi connectivity index (χ2n) is 5.80. The molecule has 4 heteroatoms. The lowest BCUT2D eigenvalue weighted by Gasteiger charge is -2.26. The maximum absolute atomic E-state index is 10.9. The number of nitrogens with one attached hydrogen (secondary N) is 1. The van der Waals surface area contributed by atoms with E-state index in [1.165, 1.54) is 5.56 Å². The molecule has 112 valence electrons. The molecule has 20 heavy (non-hydrogen) atoms. The van der Waals surface area contributed by atoms with Crippen LogP contribution in [0.3, 0.4) is 0 Å². The molecule has 0 amide bonds. The van der Waals surface area contributed by atoms with Crippen LogP contribution in [0.5, 0.6) is 0 Å². The molecule has 0 aliphatic heterocycles. The number of hydrogen-bond acceptors (Lipinski definition) is 3. The Bertz CT molecular complexity index is 403. The molecule has 0 aliphatic rings. The van der Waals surface area contributed by atoms with E-state index in [4.69, 9.17) is 9.84 Å². The number of hydrogen-bond donors (Lipinski definition) is 2. The van der Waals surface area contributed by atoms with E-state index < -0.39 is 12.1 Å². The van der Waals surface area contributed by atoms with Gasteiger partial charge in [-0.05, 0) is 12.0 Å². The van der Waals surface area contributed by atoms with Gasteiger partial charge in [-0.2, -0.15) is 0 Å². The van der Waals surface area contributed by atoms with Gasteiger partial charge in [-0.15, -0.1) is 0 Å². The van der Waals surface area contributed by atoms with Crippen LogP contribution in [0.1, 0.15) is 32.8 Å². The van der Waals surface area contributed by atoms with Gasteiger partial charge in [0.1, 0.15) is 0 Å². The highest BCUT2D eigenvalue weighted by Crippen LogP contribution is 2.16. The summed E-state index contributed by atoms with van der Waals surface area (Å²) in [6, 6.07) is 10.2. The molecule has 0 saturated carbocycles. The van der Waals surface area contributed by atoms with Gasteiger partial charge >= 0.3 is 5.97 Å². The van der Waals surface area contributed by atoms with Crippen LogP contribution < -0.4 is 5.32 Å². The van der Waals surface area contributed by atoms with Crippen molar-refractivity contribution in [3.05, 3.63) is 35.9 Å². The molecule has 1 rings (SSSR count). The lowest BCUT2D eigenvalue weighted by atomic mass is 9.94. The minimum Gasteiger partial charge on any atom is -0.479 e. The number of aliphatic carboxylic acids is 1. The highest BCUT2D eigenvalue weighted by molar-refractivity contribution is 5.72.